The van der Waals surface area contributed by atoms with Crippen LogP contribution in [0.4, 0.5) is 0 Å². The summed E-state index contributed by atoms with van der Waals surface area (Å²) in [7, 11) is 0. The Bertz CT molecular complexity index is 543. The lowest BCUT2D eigenvalue weighted by Crippen LogP contribution is -1.98. The molecule has 0 fully saturated rings. The Hall–Kier alpha value is -1.19. The number of phenolic OH excluding ortho intramolecular Hbond substituents is 1. The van der Waals surface area contributed by atoms with E-state index in [1.807, 2.05) is 24.3 Å². The largest absolute Gasteiger partial charge is 0.508 e. The highest BCUT2D eigenvalue weighted by molar-refractivity contribution is 9.10. The van der Waals surface area contributed by atoms with Crippen molar-refractivity contribution >= 4 is 27.5 Å². The summed E-state index contributed by atoms with van der Waals surface area (Å²) in [6.07, 6.45) is 0. The number of hydrogen-bond acceptors (Lipinski definition) is 2. The molecular weight excluding hydrogens is 316 g/mol. The first-order chi connectivity index (χ1) is 8.70. The molecule has 0 atom stereocenters. The van der Waals surface area contributed by atoms with Crippen molar-refractivity contribution in [1.29, 1.82) is 0 Å². The number of aromatic hydroxyl groups is 1. The lowest BCUT2D eigenvalue weighted by Gasteiger charge is -2.12. The van der Waals surface area contributed by atoms with Crippen LogP contribution < -0.4 is 4.74 Å². The molecule has 0 saturated heterocycles. The second kappa shape index (κ2) is 6.12. The summed E-state index contributed by atoms with van der Waals surface area (Å²) in [5.74, 6) is 1.38. The van der Waals surface area contributed by atoms with Crippen LogP contribution in [-0.2, 0) is 12.5 Å². The Morgan fingerprint density at radius 2 is 1.94 bits per heavy atom. The van der Waals surface area contributed by atoms with E-state index >= 15 is 0 Å². The number of halogens is 2. The molecule has 0 unspecified atom stereocenters. The van der Waals surface area contributed by atoms with Crippen molar-refractivity contribution in [2.24, 2.45) is 0 Å². The third-order valence-corrected chi connectivity index (χ3v) is 3.40. The summed E-state index contributed by atoms with van der Waals surface area (Å²) in [6, 6.07) is 12.8. The normalized spacial score (nSPS) is 10.3. The van der Waals surface area contributed by atoms with Crippen molar-refractivity contribution in [2.45, 2.75) is 12.5 Å². The molecule has 2 aromatic carbocycles. The molecule has 2 aromatic rings. The summed E-state index contributed by atoms with van der Waals surface area (Å²) in [4.78, 5) is 0. The van der Waals surface area contributed by atoms with Gasteiger partial charge in [-0.05, 0) is 39.7 Å². The van der Waals surface area contributed by atoms with Gasteiger partial charge in [-0.3, -0.25) is 0 Å². The van der Waals surface area contributed by atoms with Crippen LogP contribution >= 0.6 is 27.5 Å². The summed E-state index contributed by atoms with van der Waals surface area (Å²) >= 11 is 9.31. The lowest BCUT2D eigenvalue weighted by atomic mass is 10.2. The Balaban J connectivity index is 2.15. The van der Waals surface area contributed by atoms with Crippen LogP contribution in [-0.4, -0.2) is 5.11 Å². The molecule has 0 aromatic heterocycles. The average molecular weight is 328 g/mol. The molecule has 0 amide bonds. The highest BCUT2D eigenvalue weighted by Crippen LogP contribution is 2.31. The number of ether oxygens (including phenoxy) is 1. The standard InChI is InChI=1S/C14H12BrClO2/c15-13-6-2-4-11(8-16)14(13)18-9-10-3-1-5-12(17)7-10/h1-7,17H,8-9H2. The van der Waals surface area contributed by atoms with E-state index in [0.29, 0.717) is 12.5 Å². The molecule has 0 saturated carbocycles. The predicted octanol–water partition coefficient (Wildman–Crippen LogP) is 4.47. The molecule has 0 radical (unpaired) electrons. The van der Waals surface area contributed by atoms with Gasteiger partial charge in [-0.2, -0.15) is 0 Å². The van der Waals surface area contributed by atoms with Crippen LogP contribution in [0.15, 0.2) is 46.9 Å². The summed E-state index contributed by atoms with van der Waals surface area (Å²) < 4.78 is 6.63. The molecule has 0 spiro atoms. The number of alkyl halides is 1. The summed E-state index contributed by atoms with van der Waals surface area (Å²) in [6.45, 7) is 0.390. The maximum Gasteiger partial charge on any atom is 0.138 e. The van der Waals surface area contributed by atoms with E-state index in [1.165, 1.54) is 0 Å². The lowest BCUT2D eigenvalue weighted by molar-refractivity contribution is 0.301. The first-order valence-electron chi connectivity index (χ1n) is 5.45. The first-order valence-corrected chi connectivity index (χ1v) is 6.77. The zero-order valence-corrected chi connectivity index (χ0v) is 11.9. The van der Waals surface area contributed by atoms with E-state index in [9.17, 15) is 5.11 Å². The third-order valence-electron chi connectivity index (χ3n) is 2.49. The first kappa shape index (κ1) is 13.2. The Morgan fingerprint density at radius 3 is 2.67 bits per heavy atom. The van der Waals surface area contributed by atoms with Crippen molar-refractivity contribution in [1.82, 2.24) is 0 Å². The molecule has 18 heavy (non-hydrogen) atoms. The number of rotatable bonds is 4. The number of hydrogen-bond donors (Lipinski definition) is 1. The zero-order chi connectivity index (χ0) is 13.0. The molecule has 94 valence electrons. The van der Waals surface area contributed by atoms with Gasteiger partial charge in [-0.15, -0.1) is 11.6 Å². The Kier molecular flexibility index (Phi) is 4.50. The zero-order valence-electron chi connectivity index (χ0n) is 9.57. The fraction of sp³-hybridized carbons (Fsp3) is 0.143. The van der Waals surface area contributed by atoms with Crippen molar-refractivity contribution in [2.75, 3.05) is 0 Å². The molecule has 2 rings (SSSR count). The molecular formula is C14H12BrClO2. The van der Waals surface area contributed by atoms with Gasteiger partial charge in [0, 0.05) is 5.56 Å². The molecule has 0 aliphatic rings. The van der Waals surface area contributed by atoms with Gasteiger partial charge in [0.1, 0.15) is 18.1 Å². The van der Waals surface area contributed by atoms with Crippen molar-refractivity contribution in [3.63, 3.8) is 0 Å². The minimum Gasteiger partial charge on any atom is -0.508 e. The number of phenols is 1. The third kappa shape index (κ3) is 3.18. The highest BCUT2D eigenvalue weighted by Gasteiger charge is 2.07. The SMILES string of the molecule is Oc1cccc(COc2c(Br)cccc2CCl)c1. The monoisotopic (exact) mass is 326 g/mol. The Labute approximate surface area is 119 Å². The summed E-state index contributed by atoms with van der Waals surface area (Å²) in [5.41, 5.74) is 1.84. The second-order valence-electron chi connectivity index (χ2n) is 3.82. The molecule has 4 heteroatoms. The fourth-order valence-electron chi connectivity index (χ4n) is 1.62. The van der Waals surface area contributed by atoms with Gasteiger partial charge < -0.3 is 9.84 Å². The Morgan fingerprint density at radius 1 is 1.17 bits per heavy atom. The minimum atomic E-state index is 0.237. The van der Waals surface area contributed by atoms with E-state index in [4.69, 9.17) is 16.3 Å². The van der Waals surface area contributed by atoms with E-state index in [2.05, 4.69) is 15.9 Å². The number of benzene rings is 2. The van der Waals surface area contributed by atoms with E-state index < -0.39 is 0 Å². The van der Waals surface area contributed by atoms with Crippen LogP contribution in [0.3, 0.4) is 0 Å². The molecule has 1 N–H and O–H groups in total. The van der Waals surface area contributed by atoms with Crippen molar-refractivity contribution in [3.8, 4) is 11.5 Å². The second-order valence-corrected chi connectivity index (χ2v) is 4.94. The quantitative estimate of drug-likeness (QED) is 0.839. The summed E-state index contributed by atoms with van der Waals surface area (Å²) in [5, 5.41) is 9.38. The van der Waals surface area contributed by atoms with Crippen LogP contribution in [0.1, 0.15) is 11.1 Å². The van der Waals surface area contributed by atoms with Crippen molar-refractivity contribution in [3.05, 3.63) is 58.1 Å². The van der Waals surface area contributed by atoms with Gasteiger partial charge in [-0.1, -0.05) is 24.3 Å². The van der Waals surface area contributed by atoms with Crippen LogP contribution in [0, 0.1) is 0 Å². The van der Waals surface area contributed by atoms with Crippen LogP contribution in [0.2, 0.25) is 0 Å². The van der Waals surface area contributed by atoms with Gasteiger partial charge in [0.25, 0.3) is 0 Å². The molecule has 2 nitrogen and oxygen atoms in total. The highest BCUT2D eigenvalue weighted by atomic mass is 79.9. The van der Waals surface area contributed by atoms with Crippen LogP contribution in [0.5, 0.6) is 11.5 Å². The maximum absolute atomic E-state index is 9.38. The van der Waals surface area contributed by atoms with Crippen molar-refractivity contribution < 1.29 is 9.84 Å². The minimum absolute atomic E-state index is 0.237. The maximum atomic E-state index is 9.38. The van der Waals surface area contributed by atoms with Gasteiger partial charge in [-0.25, -0.2) is 0 Å². The van der Waals surface area contributed by atoms with Gasteiger partial charge >= 0.3 is 0 Å². The molecule has 0 bridgehead atoms. The number of para-hydroxylation sites is 1. The van der Waals surface area contributed by atoms with E-state index in [0.717, 1.165) is 21.3 Å². The van der Waals surface area contributed by atoms with E-state index in [1.54, 1.807) is 18.2 Å². The smallest absolute Gasteiger partial charge is 0.138 e. The molecule has 0 aliphatic heterocycles. The topological polar surface area (TPSA) is 29.5 Å². The molecule has 0 heterocycles. The van der Waals surface area contributed by atoms with Gasteiger partial charge in [0.15, 0.2) is 0 Å². The average Bonchev–Trinajstić information content (AvgIpc) is 2.37. The van der Waals surface area contributed by atoms with Crippen LogP contribution in [0.25, 0.3) is 0 Å². The molecule has 0 aliphatic carbocycles. The van der Waals surface area contributed by atoms with Gasteiger partial charge in [0.05, 0.1) is 10.4 Å². The van der Waals surface area contributed by atoms with Gasteiger partial charge in [0.2, 0.25) is 0 Å². The predicted molar refractivity (Wildman–Crippen MR) is 76.1 cm³/mol. The van der Waals surface area contributed by atoms with E-state index in [-0.39, 0.29) is 5.75 Å². The fourth-order valence-corrected chi connectivity index (χ4v) is 2.35.